The van der Waals surface area contributed by atoms with Gasteiger partial charge in [0.05, 0.1) is 21.7 Å². The lowest BCUT2D eigenvalue weighted by molar-refractivity contribution is 0.415. The third kappa shape index (κ3) is 2.11. The first-order valence-corrected chi connectivity index (χ1v) is 7.17. The Morgan fingerprint density at radius 1 is 1.20 bits per heavy atom. The number of halogens is 1. The highest BCUT2D eigenvalue weighted by Gasteiger charge is 2.11. The minimum absolute atomic E-state index is 0.271. The first kappa shape index (κ1) is 13.2. The van der Waals surface area contributed by atoms with Gasteiger partial charge >= 0.3 is 0 Å². The van der Waals surface area contributed by atoms with E-state index in [1.54, 1.807) is 13.2 Å². The zero-order valence-electron chi connectivity index (χ0n) is 11.1. The van der Waals surface area contributed by atoms with Gasteiger partial charge in [-0.2, -0.15) is 0 Å². The van der Waals surface area contributed by atoms with Gasteiger partial charge in [-0.15, -0.1) is 0 Å². The van der Waals surface area contributed by atoms with Gasteiger partial charge in [0, 0.05) is 18.7 Å². The molecular weight excluding hydrogens is 367 g/mol. The molecule has 3 rings (SSSR count). The summed E-state index contributed by atoms with van der Waals surface area (Å²) in [6.07, 6.45) is 0. The van der Waals surface area contributed by atoms with Crippen LogP contribution in [-0.4, -0.2) is 21.8 Å². The number of phenols is 1. The van der Waals surface area contributed by atoms with Crippen LogP contribution in [0.3, 0.4) is 0 Å². The van der Waals surface area contributed by atoms with E-state index in [9.17, 15) is 5.11 Å². The number of hydrogen-bond donors (Lipinski definition) is 1. The molecule has 1 heterocycles. The van der Waals surface area contributed by atoms with Crippen molar-refractivity contribution in [2.24, 2.45) is 7.05 Å². The Bertz CT molecular complexity index is 796. The molecule has 20 heavy (non-hydrogen) atoms. The summed E-state index contributed by atoms with van der Waals surface area (Å²) < 4.78 is 8.06. The van der Waals surface area contributed by atoms with Crippen molar-refractivity contribution in [1.29, 1.82) is 0 Å². The van der Waals surface area contributed by atoms with Gasteiger partial charge in [-0.05, 0) is 52.9 Å². The Labute approximate surface area is 130 Å². The molecule has 5 heteroatoms. The predicted octanol–water partition coefficient (Wildman–Crippen LogP) is 3.56. The zero-order chi connectivity index (χ0) is 14.3. The number of benzene rings is 2. The van der Waals surface area contributed by atoms with Crippen LogP contribution < -0.4 is 4.74 Å². The molecule has 1 N–H and O–H groups in total. The summed E-state index contributed by atoms with van der Waals surface area (Å²) in [4.78, 5) is 4.63. The van der Waals surface area contributed by atoms with Crippen molar-refractivity contribution in [3.8, 4) is 22.9 Å². The summed E-state index contributed by atoms with van der Waals surface area (Å²) in [5, 5.41) is 9.84. The Kier molecular flexibility index (Phi) is 3.29. The molecule has 0 aliphatic rings. The SMILES string of the molecule is COc1ccc2c(c1)nc(-c1ccc(I)c(O)c1)n2C. The van der Waals surface area contributed by atoms with Crippen LogP contribution in [0.1, 0.15) is 0 Å². The van der Waals surface area contributed by atoms with E-state index in [4.69, 9.17) is 4.74 Å². The van der Waals surface area contributed by atoms with Crippen molar-refractivity contribution >= 4 is 33.6 Å². The summed E-state index contributed by atoms with van der Waals surface area (Å²) in [6, 6.07) is 11.4. The summed E-state index contributed by atoms with van der Waals surface area (Å²) in [6.45, 7) is 0. The van der Waals surface area contributed by atoms with Crippen LogP contribution in [0.5, 0.6) is 11.5 Å². The maximum Gasteiger partial charge on any atom is 0.140 e. The molecule has 0 radical (unpaired) electrons. The lowest BCUT2D eigenvalue weighted by atomic mass is 10.2. The number of imidazole rings is 1. The highest BCUT2D eigenvalue weighted by Crippen LogP contribution is 2.30. The van der Waals surface area contributed by atoms with Gasteiger partial charge in [-0.1, -0.05) is 0 Å². The molecule has 3 aromatic rings. The van der Waals surface area contributed by atoms with E-state index in [1.165, 1.54) is 0 Å². The molecule has 0 fully saturated rings. The van der Waals surface area contributed by atoms with Crippen molar-refractivity contribution in [3.05, 3.63) is 40.0 Å². The van der Waals surface area contributed by atoms with Crippen molar-refractivity contribution in [1.82, 2.24) is 9.55 Å². The molecule has 1 aromatic heterocycles. The Morgan fingerprint density at radius 3 is 2.70 bits per heavy atom. The molecule has 0 saturated carbocycles. The van der Waals surface area contributed by atoms with Crippen LogP contribution in [0.4, 0.5) is 0 Å². The Balaban J connectivity index is 2.20. The number of aryl methyl sites for hydroxylation is 1. The average molecular weight is 380 g/mol. The van der Waals surface area contributed by atoms with E-state index < -0.39 is 0 Å². The van der Waals surface area contributed by atoms with Crippen molar-refractivity contribution in [2.45, 2.75) is 0 Å². The molecule has 0 atom stereocenters. The number of nitrogens with zero attached hydrogens (tertiary/aromatic N) is 2. The second kappa shape index (κ2) is 4.97. The molecule has 4 nitrogen and oxygen atoms in total. The zero-order valence-corrected chi connectivity index (χ0v) is 13.2. The molecule has 0 unspecified atom stereocenters. The van der Waals surface area contributed by atoms with Crippen LogP contribution in [0, 0.1) is 3.57 Å². The Hall–Kier alpha value is -1.76. The summed E-state index contributed by atoms with van der Waals surface area (Å²) >= 11 is 2.10. The predicted molar refractivity (Wildman–Crippen MR) is 87.1 cm³/mol. The monoisotopic (exact) mass is 380 g/mol. The minimum atomic E-state index is 0.271. The maximum absolute atomic E-state index is 9.84. The van der Waals surface area contributed by atoms with Crippen LogP contribution in [0.2, 0.25) is 0 Å². The number of aromatic hydroxyl groups is 1. The summed E-state index contributed by atoms with van der Waals surface area (Å²) in [5.41, 5.74) is 2.79. The normalized spacial score (nSPS) is 10.9. The molecule has 2 aromatic carbocycles. The largest absolute Gasteiger partial charge is 0.507 e. The quantitative estimate of drug-likeness (QED) is 0.692. The maximum atomic E-state index is 9.84. The number of phenolic OH excluding ortho intramolecular Hbond substituents is 1. The second-order valence-corrected chi connectivity index (χ2v) is 5.68. The molecule has 102 valence electrons. The number of methoxy groups -OCH3 is 1. The first-order valence-electron chi connectivity index (χ1n) is 6.09. The van der Waals surface area contributed by atoms with Gasteiger partial charge in [0.25, 0.3) is 0 Å². The minimum Gasteiger partial charge on any atom is -0.507 e. The fraction of sp³-hybridized carbons (Fsp3) is 0.133. The molecule has 0 bridgehead atoms. The van der Waals surface area contributed by atoms with Crippen molar-refractivity contribution in [2.75, 3.05) is 7.11 Å². The number of rotatable bonds is 2. The van der Waals surface area contributed by atoms with E-state index in [-0.39, 0.29) is 5.75 Å². The number of ether oxygens (including phenoxy) is 1. The van der Waals surface area contributed by atoms with Crippen molar-refractivity contribution in [3.63, 3.8) is 0 Å². The lowest BCUT2D eigenvalue weighted by Gasteiger charge is -2.04. The standard InChI is InChI=1S/C15H13IN2O2/c1-18-13-6-4-10(20-2)8-12(13)17-15(18)9-3-5-11(16)14(19)7-9/h3-8,19H,1-2H3. The smallest absolute Gasteiger partial charge is 0.140 e. The molecular formula is C15H13IN2O2. The second-order valence-electron chi connectivity index (χ2n) is 4.52. The molecule has 0 amide bonds. The highest BCUT2D eigenvalue weighted by atomic mass is 127. The van der Waals surface area contributed by atoms with E-state index in [0.717, 1.165) is 31.7 Å². The molecule has 0 aliphatic carbocycles. The number of fused-ring (bicyclic) bond motifs is 1. The van der Waals surface area contributed by atoms with E-state index >= 15 is 0 Å². The van der Waals surface area contributed by atoms with Gasteiger partial charge in [0.2, 0.25) is 0 Å². The fourth-order valence-electron chi connectivity index (χ4n) is 2.22. The van der Waals surface area contributed by atoms with Gasteiger partial charge in [0.15, 0.2) is 0 Å². The lowest BCUT2D eigenvalue weighted by Crippen LogP contribution is -1.92. The van der Waals surface area contributed by atoms with E-state index in [0.29, 0.717) is 0 Å². The average Bonchev–Trinajstić information content (AvgIpc) is 2.78. The van der Waals surface area contributed by atoms with E-state index in [2.05, 4.69) is 27.6 Å². The summed E-state index contributed by atoms with van der Waals surface area (Å²) in [7, 11) is 3.61. The topological polar surface area (TPSA) is 47.3 Å². The van der Waals surface area contributed by atoms with Gasteiger partial charge in [-0.3, -0.25) is 0 Å². The molecule has 0 saturated heterocycles. The first-order chi connectivity index (χ1) is 9.60. The molecule has 0 spiro atoms. The van der Waals surface area contributed by atoms with Gasteiger partial charge < -0.3 is 14.4 Å². The highest BCUT2D eigenvalue weighted by molar-refractivity contribution is 14.1. The number of hydrogen-bond acceptors (Lipinski definition) is 3. The molecule has 0 aliphatic heterocycles. The fourth-order valence-corrected chi connectivity index (χ4v) is 2.55. The third-order valence-electron chi connectivity index (χ3n) is 3.29. The van der Waals surface area contributed by atoms with Gasteiger partial charge in [-0.25, -0.2) is 4.98 Å². The van der Waals surface area contributed by atoms with Crippen LogP contribution in [0.15, 0.2) is 36.4 Å². The van der Waals surface area contributed by atoms with E-state index in [1.807, 2.05) is 41.9 Å². The van der Waals surface area contributed by atoms with Crippen LogP contribution >= 0.6 is 22.6 Å². The Morgan fingerprint density at radius 2 is 2.00 bits per heavy atom. The van der Waals surface area contributed by atoms with Crippen LogP contribution in [-0.2, 0) is 7.05 Å². The third-order valence-corrected chi connectivity index (χ3v) is 4.20. The van der Waals surface area contributed by atoms with Crippen molar-refractivity contribution < 1.29 is 9.84 Å². The van der Waals surface area contributed by atoms with Gasteiger partial charge in [0.1, 0.15) is 17.3 Å². The van der Waals surface area contributed by atoms with Crippen LogP contribution in [0.25, 0.3) is 22.4 Å². The number of aromatic nitrogens is 2. The summed E-state index contributed by atoms with van der Waals surface area (Å²) in [5.74, 6) is 1.88.